The van der Waals surface area contributed by atoms with Crippen LogP contribution in [0.4, 0.5) is 0 Å². The Morgan fingerprint density at radius 1 is 1.00 bits per heavy atom. The van der Waals surface area contributed by atoms with Gasteiger partial charge in [-0.3, -0.25) is 0 Å². The maximum absolute atomic E-state index is 6.46. The highest BCUT2D eigenvalue weighted by Gasteiger charge is 2.21. The molecular weight excluding hydrogens is 234 g/mol. The molecule has 0 aromatic heterocycles. The SMILES string of the molecule is COc1ccc(C(C)(N)Cc2ccc(C)cc2)cc1. The fraction of sp³-hybridized carbons (Fsp3) is 0.294. The van der Waals surface area contributed by atoms with Crippen molar-refractivity contribution in [2.45, 2.75) is 25.8 Å². The van der Waals surface area contributed by atoms with Gasteiger partial charge in [0.2, 0.25) is 0 Å². The largest absolute Gasteiger partial charge is 0.497 e. The summed E-state index contributed by atoms with van der Waals surface area (Å²) < 4.78 is 5.17. The molecule has 0 heterocycles. The second-order valence-electron chi connectivity index (χ2n) is 5.31. The quantitative estimate of drug-likeness (QED) is 0.908. The summed E-state index contributed by atoms with van der Waals surface area (Å²) >= 11 is 0. The molecule has 2 aromatic rings. The van der Waals surface area contributed by atoms with E-state index in [-0.39, 0.29) is 5.54 Å². The average Bonchev–Trinajstić information content (AvgIpc) is 2.41. The highest BCUT2D eigenvalue weighted by atomic mass is 16.5. The molecule has 2 N–H and O–H groups in total. The molecule has 0 amide bonds. The zero-order chi connectivity index (χ0) is 13.9. The summed E-state index contributed by atoms with van der Waals surface area (Å²) in [5.74, 6) is 0.856. The predicted molar refractivity (Wildman–Crippen MR) is 79.4 cm³/mol. The lowest BCUT2D eigenvalue weighted by Crippen LogP contribution is -2.35. The van der Waals surface area contributed by atoms with E-state index in [2.05, 4.69) is 38.1 Å². The minimum Gasteiger partial charge on any atom is -0.497 e. The topological polar surface area (TPSA) is 35.2 Å². The molecule has 0 aliphatic rings. The van der Waals surface area contributed by atoms with E-state index in [0.29, 0.717) is 0 Å². The second-order valence-corrected chi connectivity index (χ2v) is 5.31. The zero-order valence-corrected chi connectivity index (χ0v) is 11.8. The Balaban J connectivity index is 2.18. The van der Waals surface area contributed by atoms with Crippen LogP contribution in [0.5, 0.6) is 5.75 Å². The van der Waals surface area contributed by atoms with Crippen LogP contribution in [0.2, 0.25) is 0 Å². The third-order valence-corrected chi connectivity index (χ3v) is 3.44. The molecule has 100 valence electrons. The fourth-order valence-corrected chi connectivity index (χ4v) is 2.20. The lowest BCUT2D eigenvalue weighted by atomic mass is 9.86. The fourth-order valence-electron chi connectivity index (χ4n) is 2.20. The lowest BCUT2D eigenvalue weighted by molar-refractivity contribution is 0.413. The van der Waals surface area contributed by atoms with Gasteiger partial charge in [-0.25, -0.2) is 0 Å². The maximum atomic E-state index is 6.46. The summed E-state index contributed by atoms with van der Waals surface area (Å²) in [6, 6.07) is 16.5. The Labute approximate surface area is 115 Å². The van der Waals surface area contributed by atoms with Crippen LogP contribution in [-0.2, 0) is 12.0 Å². The molecular formula is C17H21NO. The lowest BCUT2D eigenvalue weighted by Gasteiger charge is -2.25. The summed E-state index contributed by atoms with van der Waals surface area (Å²) in [5.41, 5.74) is 9.73. The van der Waals surface area contributed by atoms with Crippen LogP contribution in [0.25, 0.3) is 0 Å². The molecule has 0 spiro atoms. The van der Waals surface area contributed by atoms with Crippen LogP contribution < -0.4 is 10.5 Å². The molecule has 19 heavy (non-hydrogen) atoms. The Morgan fingerprint density at radius 3 is 2.11 bits per heavy atom. The highest BCUT2D eigenvalue weighted by Crippen LogP contribution is 2.24. The minimum atomic E-state index is -0.373. The molecule has 2 rings (SSSR count). The molecule has 2 nitrogen and oxygen atoms in total. The summed E-state index contributed by atoms with van der Waals surface area (Å²) in [6.45, 7) is 4.16. The molecule has 0 radical (unpaired) electrons. The van der Waals surface area contributed by atoms with E-state index in [9.17, 15) is 0 Å². The van der Waals surface area contributed by atoms with Crippen molar-refractivity contribution >= 4 is 0 Å². The Kier molecular flexibility index (Phi) is 3.91. The molecule has 0 aliphatic heterocycles. The van der Waals surface area contributed by atoms with Crippen LogP contribution in [0.1, 0.15) is 23.6 Å². The predicted octanol–water partition coefficient (Wildman–Crippen LogP) is 3.42. The number of ether oxygens (including phenoxy) is 1. The second kappa shape index (κ2) is 5.45. The summed E-state index contributed by atoms with van der Waals surface area (Å²) in [5, 5.41) is 0. The number of hydrogen-bond donors (Lipinski definition) is 1. The van der Waals surface area contributed by atoms with Gasteiger partial charge in [0.25, 0.3) is 0 Å². The van der Waals surface area contributed by atoms with Gasteiger partial charge in [0.1, 0.15) is 5.75 Å². The Hall–Kier alpha value is -1.80. The van der Waals surface area contributed by atoms with E-state index in [0.717, 1.165) is 17.7 Å². The van der Waals surface area contributed by atoms with Gasteiger partial charge in [0.15, 0.2) is 0 Å². The van der Waals surface area contributed by atoms with Crippen LogP contribution in [0.3, 0.4) is 0 Å². The summed E-state index contributed by atoms with van der Waals surface area (Å²) in [6.07, 6.45) is 0.819. The van der Waals surface area contributed by atoms with Gasteiger partial charge in [-0.2, -0.15) is 0 Å². The zero-order valence-electron chi connectivity index (χ0n) is 11.8. The monoisotopic (exact) mass is 255 g/mol. The van der Waals surface area contributed by atoms with Crippen molar-refractivity contribution in [2.24, 2.45) is 5.73 Å². The van der Waals surface area contributed by atoms with Crippen molar-refractivity contribution in [3.05, 3.63) is 65.2 Å². The molecule has 1 unspecified atom stereocenters. The molecule has 0 saturated carbocycles. The van der Waals surface area contributed by atoms with Gasteiger partial charge in [-0.1, -0.05) is 42.0 Å². The first-order valence-electron chi connectivity index (χ1n) is 6.50. The van der Waals surface area contributed by atoms with Crippen molar-refractivity contribution in [3.63, 3.8) is 0 Å². The van der Waals surface area contributed by atoms with E-state index in [1.165, 1.54) is 11.1 Å². The molecule has 2 heteroatoms. The highest BCUT2D eigenvalue weighted by molar-refractivity contribution is 5.33. The standard InChI is InChI=1S/C17H21NO/c1-13-4-6-14(7-5-13)12-17(2,18)15-8-10-16(19-3)11-9-15/h4-11H,12,18H2,1-3H3. The summed E-state index contributed by atoms with van der Waals surface area (Å²) in [4.78, 5) is 0. The molecule has 2 aromatic carbocycles. The van der Waals surface area contributed by atoms with E-state index in [1.807, 2.05) is 24.3 Å². The van der Waals surface area contributed by atoms with Crippen molar-refractivity contribution in [1.82, 2.24) is 0 Å². The number of aryl methyl sites for hydroxylation is 1. The maximum Gasteiger partial charge on any atom is 0.118 e. The van der Waals surface area contributed by atoms with Crippen molar-refractivity contribution in [1.29, 1.82) is 0 Å². The van der Waals surface area contributed by atoms with Gasteiger partial charge in [0, 0.05) is 5.54 Å². The van der Waals surface area contributed by atoms with E-state index < -0.39 is 0 Å². The van der Waals surface area contributed by atoms with Crippen LogP contribution in [0, 0.1) is 6.92 Å². The summed E-state index contributed by atoms with van der Waals surface area (Å²) in [7, 11) is 1.67. The molecule has 0 bridgehead atoms. The number of hydrogen-bond acceptors (Lipinski definition) is 2. The first kappa shape index (κ1) is 13.6. The number of rotatable bonds is 4. The van der Waals surface area contributed by atoms with Gasteiger partial charge in [0.05, 0.1) is 7.11 Å². The molecule has 0 saturated heterocycles. The van der Waals surface area contributed by atoms with E-state index in [4.69, 9.17) is 10.5 Å². The Bertz CT molecular complexity index is 526. The van der Waals surface area contributed by atoms with E-state index >= 15 is 0 Å². The Morgan fingerprint density at radius 2 is 1.58 bits per heavy atom. The van der Waals surface area contributed by atoms with Crippen LogP contribution in [0.15, 0.2) is 48.5 Å². The van der Waals surface area contributed by atoms with Gasteiger partial charge >= 0.3 is 0 Å². The minimum absolute atomic E-state index is 0.373. The first-order valence-corrected chi connectivity index (χ1v) is 6.50. The molecule has 0 aliphatic carbocycles. The smallest absolute Gasteiger partial charge is 0.118 e. The third-order valence-electron chi connectivity index (χ3n) is 3.44. The number of nitrogens with two attached hydrogens (primary N) is 1. The van der Waals surface area contributed by atoms with Crippen LogP contribution in [-0.4, -0.2) is 7.11 Å². The van der Waals surface area contributed by atoms with Crippen molar-refractivity contribution in [2.75, 3.05) is 7.11 Å². The van der Waals surface area contributed by atoms with Gasteiger partial charge in [-0.15, -0.1) is 0 Å². The van der Waals surface area contributed by atoms with E-state index in [1.54, 1.807) is 7.11 Å². The van der Waals surface area contributed by atoms with Crippen LogP contribution >= 0.6 is 0 Å². The molecule has 0 fully saturated rings. The third kappa shape index (κ3) is 3.36. The number of benzene rings is 2. The van der Waals surface area contributed by atoms with Gasteiger partial charge < -0.3 is 10.5 Å². The molecule has 1 atom stereocenters. The first-order chi connectivity index (χ1) is 9.01. The van der Waals surface area contributed by atoms with Gasteiger partial charge in [-0.05, 0) is 43.5 Å². The van der Waals surface area contributed by atoms with Crippen molar-refractivity contribution < 1.29 is 4.74 Å². The normalized spacial score (nSPS) is 13.9. The average molecular weight is 255 g/mol. The number of methoxy groups -OCH3 is 1. The van der Waals surface area contributed by atoms with Crippen molar-refractivity contribution in [3.8, 4) is 5.75 Å².